The van der Waals surface area contributed by atoms with Crippen LogP contribution in [0.15, 0.2) is 12.1 Å². The van der Waals surface area contributed by atoms with Crippen LogP contribution >= 0.6 is 11.3 Å². The van der Waals surface area contributed by atoms with Gasteiger partial charge in [-0.15, -0.1) is 11.3 Å². The van der Waals surface area contributed by atoms with Crippen LogP contribution in [0.5, 0.6) is 0 Å². The van der Waals surface area contributed by atoms with Gasteiger partial charge in [0.25, 0.3) is 0 Å². The molecule has 2 unspecified atom stereocenters. The number of rotatable bonds is 8. The Labute approximate surface area is 129 Å². The summed E-state index contributed by atoms with van der Waals surface area (Å²) in [7, 11) is 0. The van der Waals surface area contributed by atoms with Gasteiger partial charge >= 0.3 is 0 Å². The molecule has 0 fully saturated rings. The van der Waals surface area contributed by atoms with Gasteiger partial charge in [0.2, 0.25) is 0 Å². The average molecular weight is 297 g/mol. The van der Waals surface area contributed by atoms with Crippen LogP contribution in [0.1, 0.15) is 63.3 Å². The second-order valence-electron chi connectivity index (χ2n) is 6.31. The molecule has 2 N–H and O–H groups in total. The molecule has 0 aliphatic rings. The van der Waals surface area contributed by atoms with Crippen molar-refractivity contribution in [3.8, 4) is 0 Å². The second kappa shape index (κ2) is 8.16. The summed E-state index contributed by atoms with van der Waals surface area (Å²) in [5.74, 6) is 0.665. The maximum atomic E-state index is 6.37. The van der Waals surface area contributed by atoms with Crippen molar-refractivity contribution >= 4 is 11.3 Å². The van der Waals surface area contributed by atoms with Crippen LogP contribution in [0.4, 0.5) is 0 Å². The molecule has 1 aromatic rings. The molecule has 0 aliphatic heterocycles. The van der Waals surface area contributed by atoms with E-state index in [1.54, 1.807) is 0 Å². The van der Waals surface area contributed by atoms with E-state index in [0.717, 1.165) is 6.54 Å². The van der Waals surface area contributed by atoms with Crippen LogP contribution in [0.2, 0.25) is 0 Å². The van der Waals surface area contributed by atoms with Gasteiger partial charge in [-0.05, 0) is 44.7 Å². The molecule has 116 valence electrons. The van der Waals surface area contributed by atoms with E-state index in [1.807, 2.05) is 11.3 Å². The molecule has 0 bridgehead atoms. The van der Waals surface area contributed by atoms with E-state index in [9.17, 15) is 0 Å². The lowest BCUT2D eigenvalue weighted by atomic mass is 9.99. The molecule has 20 heavy (non-hydrogen) atoms. The Morgan fingerprint density at radius 1 is 1.15 bits per heavy atom. The molecular formula is C17H32N2S. The number of nitrogens with two attached hydrogens (primary N) is 1. The van der Waals surface area contributed by atoms with E-state index < -0.39 is 0 Å². The zero-order chi connectivity index (χ0) is 15.3. The summed E-state index contributed by atoms with van der Waals surface area (Å²) in [6.07, 6.45) is 2.38. The minimum absolute atomic E-state index is 0.160. The number of thiophene rings is 1. The fraction of sp³-hybridized carbons (Fsp3) is 0.765. The molecule has 0 saturated carbocycles. The molecule has 1 heterocycles. The van der Waals surface area contributed by atoms with Crippen LogP contribution in [-0.4, -0.2) is 23.5 Å². The lowest BCUT2D eigenvalue weighted by Crippen LogP contribution is -2.46. The van der Waals surface area contributed by atoms with E-state index in [4.69, 9.17) is 5.73 Å². The third kappa shape index (κ3) is 4.57. The monoisotopic (exact) mass is 296 g/mol. The molecule has 0 amide bonds. The third-order valence-corrected chi connectivity index (χ3v) is 4.97. The predicted octanol–water partition coefficient (Wildman–Crippen LogP) is 4.59. The Bertz CT molecular complexity index is 380. The Hall–Kier alpha value is -0.380. The minimum atomic E-state index is 0.160. The zero-order valence-corrected chi connectivity index (χ0v) is 14.8. The number of hydrogen-bond donors (Lipinski definition) is 1. The van der Waals surface area contributed by atoms with Gasteiger partial charge in [-0.3, -0.25) is 4.90 Å². The fourth-order valence-corrected chi connectivity index (χ4v) is 4.12. The van der Waals surface area contributed by atoms with E-state index in [2.05, 4.69) is 58.6 Å². The Morgan fingerprint density at radius 2 is 1.75 bits per heavy atom. The molecule has 0 radical (unpaired) electrons. The molecule has 2 atom stereocenters. The van der Waals surface area contributed by atoms with Crippen LogP contribution in [0.3, 0.4) is 0 Å². The van der Waals surface area contributed by atoms with Crippen molar-refractivity contribution in [3.05, 3.63) is 21.9 Å². The van der Waals surface area contributed by atoms with Crippen molar-refractivity contribution in [2.45, 2.75) is 72.5 Å². The summed E-state index contributed by atoms with van der Waals surface area (Å²) in [4.78, 5) is 5.45. The fourth-order valence-electron chi connectivity index (χ4n) is 3.01. The average Bonchev–Trinajstić information content (AvgIpc) is 2.76. The highest BCUT2D eigenvalue weighted by Gasteiger charge is 2.29. The SMILES string of the molecule is CCC(CC)N(CC(C)C)C(c1ccc(C)s1)C(C)N. The van der Waals surface area contributed by atoms with Crippen molar-refractivity contribution in [1.29, 1.82) is 0 Å². The molecule has 1 aromatic heterocycles. The highest BCUT2D eigenvalue weighted by atomic mass is 32.1. The quantitative estimate of drug-likeness (QED) is 0.760. The van der Waals surface area contributed by atoms with Gasteiger partial charge in [-0.2, -0.15) is 0 Å². The van der Waals surface area contributed by atoms with Crippen molar-refractivity contribution in [2.75, 3.05) is 6.54 Å². The zero-order valence-electron chi connectivity index (χ0n) is 14.0. The highest BCUT2D eigenvalue weighted by molar-refractivity contribution is 7.12. The number of aryl methyl sites for hydroxylation is 1. The highest BCUT2D eigenvalue weighted by Crippen LogP contribution is 2.33. The van der Waals surface area contributed by atoms with Gasteiger partial charge in [-0.25, -0.2) is 0 Å². The van der Waals surface area contributed by atoms with Crippen molar-refractivity contribution in [1.82, 2.24) is 4.90 Å². The maximum Gasteiger partial charge on any atom is 0.0593 e. The van der Waals surface area contributed by atoms with E-state index in [0.29, 0.717) is 18.0 Å². The van der Waals surface area contributed by atoms with Crippen LogP contribution in [0, 0.1) is 12.8 Å². The lowest BCUT2D eigenvalue weighted by molar-refractivity contribution is 0.0975. The molecular weight excluding hydrogens is 264 g/mol. The predicted molar refractivity (Wildman–Crippen MR) is 91.4 cm³/mol. The summed E-state index contributed by atoms with van der Waals surface area (Å²) in [6.45, 7) is 14.6. The van der Waals surface area contributed by atoms with Crippen molar-refractivity contribution in [3.63, 3.8) is 0 Å². The van der Waals surface area contributed by atoms with Gasteiger partial charge in [0.05, 0.1) is 6.04 Å². The van der Waals surface area contributed by atoms with Gasteiger partial charge in [0.1, 0.15) is 0 Å². The van der Waals surface area contributed by atoms with Crippen LogP contribution in [0.25, 0.3) is 0 Å². The first-order valence-electron chi connectivity index (χ1n) is 7.98. The van der Waals surface area contributed by atoms with Crippen molar-refractivity contribution < 1.29 is 0 Å². The maximum absolute atomic E-state index is 6.37. The summed E-state index contributed by atoms with van der Waals surface area (Å²) in [5.41, 5.74) is 6.37. The second-order valence-corrected chi connectivity index (χ2v) is 7.63. The molecule has 0 aliphatic carbocycles. The number of hydrogen-bond acceptors (Lipinski definition) is 3. The third-order valence-electron chi connectivity index (χ3n) is 3.90. The van der Waals surface area contributed by atoms with Crippen LogP contribution in [-0.2, 0) is 0 Å². The summed E-state index contributed by atoms with van der Waals surface area (Å²) in [6, 6.07) is 5.61. The molecule has 3 heteroatoms. The Balaban J connectivity index is 3.10. The Kier molecular flexibility index (Phi) is 7.21. The number of nitrogens with zero attached hydrogens (tertiary/aromatic N) is 1. The molecule has 1 rings (SSSR count). The molecule has 0 spiro atoms. The normalized spacial score (nSPS) is 15.3. The largest absolute Gasteiger partial charge is 0.326 e. The van der Waals surface area contributed by atoms with E-state index in [-0.39, 0.29) is 6.04 Å². The standard InChI is InChI=1S/C17H32N2S/c1-7-15(8-2)19(11-12(3)4)17(14(6)18)16-10-9-13(5)20-16/h9-10,12,14-15,17H,7-8,11,18H2,1-6H3. The van der Waals surface area contributed by atoms with Gasteiger partial charge in [-0.1, -0.05) is 27.7 Å². The smallest absolute Gasteiger partial charge is 0.0593 e. The van der Waals surface area contributed by atoms with Crippen LogP contribution < -0.4 is 5.73 Å². The first kappa shape index (κ1) is 17.7. The first-order valence-corrected chi connectivity index (χ1v) is 8.79. The summed E-state index contributed by atoms with van der Waals surface area (Å²) in [5, 5.41) is 0. The van der Waals surface area contributed by atoms with Gasteiger partial charge in [0.15, 0.2) is 0 Å². The topological polar surface area (TPSA) is 29.3 Å². The molecule has 0 aromatic carbocycles. The molecule has 0 saturated heterocycles. The molecule has 2 nitrogen and oxygen atoms in total. The minimum Gasteiger partial charge on any atom is -0.326 e. The van der Waals surface area contributed by atoms with Gasteiger partial charge < -0.3 is 5.73 Å². The van der Waals surface area contributed by atoms with Gasteiger partial charge in [0, 0.05) is 28.4 Å². The van der Waals surface area contributed by atoms with E-state index >= 15 is 0 Å². The Morgan fingerprint density at radius 3 is 2.10 bits per heavy atom. The first-order chi connectivity index (χ1) is 9.40. The summed E-state index contributed by atoms with van der Waals surface area (Å²) >= 11 is 1.90. The summed E-state index contributed by atoms with van der Waals surface area (Å²) < 4.78 is 0. The lowest BCUT2D eigenvalue weighted by Gasteiger charge is -2.40. The van der Waals surface area contributed by atoms with E-state index in [1.165, 1.54) is 22.6 Å². The van der Waals surface area contributed by atoms with Crippen molar-refractivity contribution in [2.24, 2.45) is 11.7 Å².